The number of piperazine rings is 1. The zero-order chi connectivity index (χ0) is 18.4. The fourth-order valence-electron chi connectivity index (χ4n) is 2.68. The molecule has 2 aromatic carbocycles. The first-order valence-corrected chi connectivity index (χ1v) is 8.39. The van der Waals surface area contributed by atoms with Crippen molar-refractivity contribution in [1.82, 2.24) is 10.6 Å². The third kappa shape index (κ3) is 4.67. The van der Waals surface area contributed by atoms with Crippen LogP contribution in [0.5, 0.6) is 0 Å². The Kier molecular flexibility index (Phi) is 5.60. The van der Waals surface area contributed by atoms with Crippen molar-refractivity contribution in [2.24, 2.45) is 0 Å². The van der Waals surface area contributed by atoms with Gasteiger partial charge < -0.3 is 21.3 Å². The van der Waals surface area contributed by atoms with Crippen molar-refractivity contribution in [2.75, 3.05) is 23.7 Å². The van der Waals surface area contributed by atoms with E-state index in [-0.39, 0.29) is 24.1 Å². The van der Waals surface area contributed by atoms with Crippen molar-refractivity contribution in [1.29, 1.82) is 0 Å². The van der Waals surface area contributed by atoms with Crippen molar-refractivity contribution in [3.8, 4) is 0 Å². The molecule has 1 aliphatic rings. The van der Waals surface area contributed by atoms with Crippen LogP contribution in [0.4, 0.5) is 11.4 Å². The number of nitrogens with one attached hydrogen (secondary N) is 4. The second kappa shape index (κ2) is 8.26. The number of carbonyl (C=O) groups is 3. The average Bonchev–Trinajstić information content (AvgIpc) is 2.64. The molecule has 7 heteroatoms. The molecule has 0 aliphatic carbocycles. The monoisotopic (exact) mass is 352 g/mol. The molecule has 0 aromatic heterocycles. The van der Waals surface area contributed by atoms with Gasteiger partial charge in [0.25, 0.3) is 5.91 Å². The maximum Gasteiger partial charge on any atom is 0.255 e. The van der Waals surface area contributed by atoms with Gasteiger partial charge in [0.05, 0.1) is 12.5 Å². The van der Waals surface area contributed by atoms with Gasteiger partial charge in [0.15, 0.2) is 0 Å². The maximum atomic E-state index is 12.2. The third-order valence-corrected chi connectivity index (χ3v) is 3.96. The molecule has 1 aliphatic heterocycles. The summed E-state index contributed by atoms with van der Waals surface area (Å²) in [4.78, 5) is 36.0. The van der Waals surface area contributed by atoms with Crippen LogP contribution in [-0.2, 0) is 9.59 Å². The predicted octanol–water partition coefficient (Wildman–Crippen LogP) is 1.36. The van der Waals surface area contributed by atoms with Crippen molar-refractivity contribution in [2.45, 2.75) is 12.5 Å². The molecule has 2 aromatic rings. The van der Waals surface area contributed by atoms with Gasteiger partial charge in [-0.15, -0.1) is 0 Å². The molecule has 7 nitrogen and oxygen atoms in total. The van der Waals surface area contributed by atoms with Crippen LogP contribution in [0, 0.1) is 0 Å². The fraction of sp³-hybridized carbons (Fsp3) is 0.211. The molecular weight excluding hydrogens is 332 g/mol. The number of carbonyl (C=O) groups excluding carboxylic acids is 3. The lowest BCUT2D eigenvalue weighted by atomic mass is 10.1. The molecule has 4 N–H and O–H groups in total. The quantitative estimate of drug-likeness (QED) is 0.653. The Hall–Kier alpha value is -3.19. The molecule has 26 heavy (non-hydrogen) atoms. The Morgan fingerprint density at radius 3 is 2.42 bits per heavy atom. The second-order valence-electron chi connectivity index (χ2n) is 5.95. The van der Waals surface area contributed by atoms with E-state index in [2.05, 4.69) is 21.3 Å². The van der Waals surface area contributed by atoms with Gasteiger partial charge in [0.2, 0.25) is 11.8 Å². The van der Waals surface area contributed by atoms with Gasteiger partial charge in [-0.1, -0.05) is 24.3 Å². The normalized spacial score (nSPS) is 16.5. The molecule has 1 unspecified atom stereocenters. The van der Waals surface area contributed by atoms with Crippen molar-refractivity contribution in [3.05, 3.63) is 60.2 Å². The van der Waals surface area contributed by atoms with Crippen LogP contribution < -0.4 is 21.3 Å². The summed E-state index contributed by atoms with van der Waals surface area (Å²) in [6, 6.07) is 15.2. The highest BCUT2D eigenvalue weighted by molar-refractivity contribution is 6.04. The summed E-state index contributed by atoms with van der Waals surface area (Å²) in [7, 11) is 0. The SMILES string of the molecule is O=C(CC1NCCNC1=O)Nc1cccc(NC(=O)c2ccccc2)c1. The third-order valence-electron chi connectivity index (χ3n) is 3.96. The number of rotatable bonds is 5. The largest absolute Gasteiger partial charge is 0.353 e. The topological polar surface area (TPSA) is 99.3 Å². The molecular formula is C19H20N4O3. The summed E-state index contributed by atoms with van der Waals surface area (Å²) in [5.41, 5.74) is 1.68. The van der Waals surface area contributed by atoms with E-state index >= 15 is 0 Å². The summed E-state index contributed by atoms with van der Waals surface area (Å²) < 4.78 is 0. The van der Waals surface area contributed by atoms with E-state index in [9.17, 15) is 14.4 Å². The highest BCUT2D eigenvalue weighted by Gasteiger charge is 2.24. The zero-order valence-corrected chi connectivity index (χ0v) is 14.1. The average molecular weight is 352 g/mol. The molecule has 1 saturated heterocycles. The Bertz CT molecular complexity index is 807. The summed E-state index contributed by atoms with van der Waals surface area (Å²) in [6.45, 7) is 1.21. The fourth-order valence-corrected chi connectivity index (χ4v) is 2.68. The first-order valence-electron chi connectivity index (χ1n) is 8.39. The van der Waals surface area contributed by atoms with Crippen molar-refractivity contribution >= 4 is 29.1 Å². The molecule has 0 saturated carbocycles. The predicted molar refractivity (Wildman–Crippen MR) is 98.9 cm³/mol. The van der Waals surface area contributed by atoms with Crippen LogP contribution in [0.25, 0.3) is 0 Å². The Morgan fingerprint density at radius 2 is 1.69 bits per heavy atom. The van der Waals surface area contributed by atoms with Gasteiger partial charge >= 0.3 is 0 Å². The minimum Gasteiger partial charge on any atom is -0.353 e. The number of amides is 3. The van der Waals surface area contributed by atoms with E-state index in [0.29, 0.717) is 30.0 Å². The van der Waals surface area contributed by atoms with Crippen molar-refractivity contribution in [3.63, 3.8) is 0 Å². The Morgan fingerprint density at radius 1 is 0.962 bits per heavy atom. The highest BCUT2D eigenvalue weighted by atomic mass is 16.2. The number of anilines is 2. The second-order valence-corrected chi connectivity index (χ2v) is 5.95. The lowest BCUT2D eigenvalue weighted by Crippen LogP contribution is -2.53. The van der Waals surface area contributed by atoms with Crippen LogP contribution in [0.1, 0.15) is 16.8 Å². The molecule has 0 spiro atoms. The molecule has 134 valence electrons. The summed E-state index contributed by atoms with van der Waals surface area (Å²) >= 11 is 0. The van der Waals surface area contributed by atoms with Gasteiger partial charge in [-0.25, -0.2) is 0 Å². The lowest BCUT2D eigenvalue weighted by molar-refractivity contribution is -0.127. The Balaban J connectivity index is 1.59. The van der Waals surface area contributed by atoms with Gasteiger partial charge in [-0.05, 0) is 30.3 Å². The first-order chi connectivity index (χ1) is 12.6. The number of hydrogen-bond donors (Lipinski definition) is 4. The van der Waals surface area contributed by atoms with E-state index < -0.39 is 6.04 Å². The van der Waals surface area contributed by atoms with Gasteiger partial charge in [-0.3, -0.25) is 14.4 Å². The van der Waals surface area contributed by atoms with Crippen LogP contribution in [0.2, 0.25) is 0 Å². The van der Waals surface area contributed by atoms with E-state index in [4.69, 9.17) is 0 Å². The van der Waals surface area contributed by atoms with Crippen LogP contribution in [0.3, 0.4) is 0 Å². The first kappa shape index (κ1) is 17.6. The molecule has 1 fully saturated rings. The summed E-state index contributed by atoms with van der Waals surface area (Å²) in [5.74, 6) is -0.668. The van der Waals surface area contributed by atoms with Gasteiger partial charge in [0.1, 0.15) is 0 Å². The molecule has 3 rings (SSSR count). The van der Waals surface area contributed by atoms with Crippen LogP contribution >= 0.6 is 0 Å². The zero-order valence-electron chi connectivity index (χ0n) is 14.1. The smallest absolute Gasteiger partial charge is 0.255 e. The molecule has 1 heterocycles. The lowest BCUT2D eigenvalue weighted by Gasteiger charge is -2.22. The summed E-state index contributed by atoms with van der Waals surface area (Å²) in [5, 5.41) is 11.3. The number of benzene rings is 2. The van der Waals surface area contributed by atoms with Crippen LogP contribution in [-0.4, -0.2) is 36.9 Å². The number of hydrogen-bond acceptors (Lipinski definition) is 4. The minimum absolute atomic E-state index is 0.0481. The molecule has 1 atom stereocenters. The van der Waals surface area contributed by atoms with Crippen molar-refractivity contribution < 1.29 is 14.4 Å². The Labute approximate surface area is 151 Å². The van der Waals surface area contributed by atoms with E-state index in [1.807, 2.05) is 6.07 Å². The summed E-state index contributed by atoms with van der Waals surface area (Å²) in [6.07, 6.45) is 0.0481. The molecule has 0 bridgehead atoms. The standard InChI is InChI=1S/C19H20N4O3/c24-17(12-16-19(26)21-10-9-20-16)22-14-7-4-8-15(11-14)23-18(25)13-5-2-1-3-6-13/h1-8,11,16,20H,9-10,12H2,(H,21,26)(H,22,24)(H,23,25). The highest BCUT2D eigenvalue weighted by Crippen LogP contribution is 2.16. The minimum atomic E-state index is -0.523. The molecule has 0 radical (unpaired) electrons. The van der Waals surface area contributed by atoms with E-state index in [1.54, 1.807) is 48.5 Å². The maximum absolute atomic E-state index is 12.2. The van der Waals surface area contributed by atoms with Gasteiger partial charge in [0, 0.05) is 30.0 Å². The van der Waals surface area contributed by atoms with Gasteiger partial charge in [-0.2, -0.15) is 0 Å². The molecule has 3 amide bonds. The van der Waals surface area contributed by atoms with E-state index in [0.717, 1.165) is 0 Å². The van der Waals surface area contributed by atoms with E-state index in [1.165, 1.54) is 0 Å². The van der Waals surface area contributed by atoms with Crippen LogP contribution in [0.15, 0.2) is 54.6 Å².